The highest BCUT2D eigenvalue weighted by Crippen LogP contribution is 2.23. The Kier molecular flexibility index (Phi) is 6.45. The third-order valence-corrected chi connectivity index (χ3v) is 2.66. The smallest absolute Gasteiger partial charge is 0.0568 e. The maximum atomic E-state index is 9.71. The van der Waals surface area contributed by atoms with Crippen molar-refractivity contribution >= 4 is 0 Å². The predicted molar refractivity (Wildman–Crippen MR) is 54.2 cm³/mol. The molecule has 0 aromatic rings. The molecule has 0 saturated heterocycles. The van der Waals surface area contributed by atoms with Gasteiger partial charge in [-0.1, -0.05) is 40.5 Å². The minimum Gasteiger partial charge on any atom is -0.393 e. The highest BCUT2D eigenvalue weighted by molar-refractivity contribution is 4.70. The Morgan fingerprint density at radius 3 is 2.08 bits per heavy atom. The van der Waals surface area contributed by atoms with Gasteiger partial charge in [0.25, 0.3) is 0 Å². The van der Waals surface area contributed by atoms with Crippen molar-refractivity contribution in [3.63, 3.8) is 0 Å². The zero-order chi connectivity index (χ0) is 9.56. The van der Waals surface area contributed by atoms with E-state index in [4.69, 9.17) is 0 Å². The van der Waals surface area contributed by atoms with Crippen molar-refractivity contribution in [1.82, 2.24) is 0 Å². The molecule has 74 valence electrons. The first-order valence-electron chi connectivity index (χ1n) is 5.31. The first-order valence-corrected chi connectivity index (χ1v) is 5.31. The third kappa shape index (κ3) is 4.10. The van der Waals surface area contributed by atoms with Crippen LogP contribution in [0.5, 0.6) is 0 Å². The number of unbranched alkanes of at least 4 members (excludes halogenated alkanes) is 1. The Labute approximate surface area is 77.2 Å². The monoisotopic (exact) mass is 172 g/mol. The van der Waals surface area contributed by atoms with Gasteiger partial charge in [0.15, 0.2) is 0 Å². The van der Waals surface area contributed by atoms with Crippen molar-refractivity contribution < 1.29 is 5.11 Å². The fourth-order valence-corrected chi connectivity index (χ4v) is 1.71. The summed E-state index contributed by atoms with van der Waals surface area (Å²) < 4.78 is 0. The van der Waals surface area contributed by atoms with Crippen LogP contribution in [0.1, 0.15) is 53.4 Å². The van der Waals surface area contributed by atoms with Gasteiger partial charge in [0.05, 0.1) is 6.10 Å². The lowest BCUT2D eigenvalue weighted by Crippen LogP contribution is -2.24. The van der Waals surface area contributed by atoms with E-state index in [-0.39, 0.29) is 6.10 Å². The highest BCUT2D eigenvalue weighted by Gasteiger charge is 2.19. The molecule has 0 bridgehead atoms. The second kappa shape index (κ2) is 6.47. The first kappa shape index (κ1) is 12.0. The summed E-state index contributed by atoms with van der Waals surface area (Å²) in [5, 5.41) is 9.71. The normalized spacial score (nSPS) is 16.5. The summed E-state index contributed by atoms with van der Waals surface area (Å²) in [5.74, 6) is 1.13. The van der Waals surface area contributed by atoms with Crippen LogP contribution in [0.2, 0.25) is 0 Å². The molecule has 0 aliphatic heterocycles. The van der Waals surface area contributed by atoms with Crippen LogP contribution in [0.3, 0.4) is 0 Å². The topological polar surface area (TPSA) is 20.2 Å². The summed E-state index contributed by atoms with van der Waals surface area (Å²) in [6.07, 6.45) is 4.48. The maximum absolute atomic E-state index is 9.71. The summed E-state index contributed by atoms with van der Waals surface area (Å²) in [7, 11) is 0. The predicted octanol–water partition coefficient (Wildman–Crippen LogP) is 3.22. The quantitative estimate of drug-likeness (QED) is 0.652. The molecule has 0 unspecified atom stereocenters. The van der Waals surface area contributed by atoms with E-state index in [1.165, 1.54) is 19.3 Å². The largest absolute Gasteiger partial charge is 0.393 e. The Morgan fingerprint density at radius 1 is 1.17 bits per heavy atom. The fourth-order valence-electron chi connectivity index (χ4n) is 1.71. The first-order chi connectivity index (χ1) is 5.63. The Morgan fingerprint density at radius 2 is 1.75 bits per heavy atom. The van der Waals surface area contributed by atoms with Crippen LogP contribution < -0.4 is 0 Å². The molecule has 0 aliphatic rings. The average molecular weight is 172 g/mol. The van der Waals surface area contributed by atoms with E-state index < -0.39 is 0 Å². The van der Waals surface area contributed by atoms with Crippen LogP contribution in [-0.4, -0.2) is 11.2 Å². The van der Waals surface area contributed by atoms with E-state index >= 15 is 0 Å². The van der Waals surface area contributed by atoms with Gasteiger partial charge in [0, 0.05) is 0 Å². The van der Waals surface area contributed by atoms with E-state index in [9.17, 15) is 5.11 Å². The van der Waals surface area contributed by atoms with E-state index in [0.29, 0.717) is 11.8 Å². The van der Waals surface area contributed by atoms with Gasteiger partial charge in [-0.15, -0.1) is 0 Å². The van der Waals surface area contributed by atoms with E-state index in [0.717, 1.165) is 6.42 Å². The Balaban J connectivity index is 3.85. The van der Waals surface area contributed by atoms with Gasteiger partial charge in [-0.2, -0.15) is 0 Å². The summed E-state index contributed by atoms with van der Waals surface area (Å²) >= 11 is 0. The molecule has 2 atom stereocenters. The second-order valence-corrected chi connectivity index (χ2v) is 4.03. The summed E-state index contributed by atoms with van der Waals surface area (Å²) in [4.78, 5) is 0. The van der Waals surface area contributed by atoms with Gasteiger partial charge in [-0.3, -0.25) is 0 Å². The number of aliphatic hydroxyl groups is 1. The van der Waals surface area contributed by atoms with Crippen LogP contribution in [0.25, 0.3) is 0 Å². The van der Waals surface area contributed by atoms with Gasteiger partial charge >= 0.3 is 0 Å². The van der Waals surface area contributed by atoms with Crippen molar-refractivity contribution in [3.8, 4) is 0 Å². The lowest BCUT2D eigenvalue weighted by Gasteiger charge is -2.25. The molecule has 1 heteroatoms. The highest BCUT2D eigenvalue weighted by atomic mass is 16.3. The number of rotatable bonds is 6. The van der Waals surface area contributed by atoms with Crippen LogP contribution in [0.4, 0.5) is 0 Å². The van der Waals surface area contributed by atoms with Crippen LogP contribution in [0.15, 0.2) is 0 Å². The SMILES string of the molecule is CCCC[C@H](C(C)C)[C@H](O)CC. The molecule has 0 aromatic heterocycles. The van der Waals surface area contributed by atoms with Gasteiger partial charge < -0.3 is 5.11 Å². The van der Waals surface area contributed by atoms with Crippen molar-refractivity contribution in [2.45, 2.75) is 59.5 Å². The third-order valence-electron chi connectivity index (χ3n) is 2.66. The zero-order valence-corrected chi connectivity index (χ0v) is 9.01. The Hall–Kier alpha value is -0.0400. The molecular weight excluding hydrogens is 148 g/mol. The van der Waals surface area contributed by atoms with E-state index in [1.807, 2.05) is 0 Å². The summed E-state index contributed by atoms with van der Waals surface area (Å²) in [5.41, 5.74) is 0. The molecule has 0 amide bonds. The van der Waals surface area contributed by atoms with Crippen molar-refractivity contribution in [1.29, 1.82) is 0 Å². The Bertz CT molecular complexity index is 99.2. The average Bonchev–Trinajstić information content (AvgIpc) is 2.04. The van der Waals surface area contributed by atoms with Gasteiger partial charge in [-0.25, -0.2) is 0 Å². The van der Waals surface area contributed by atoms with Crippen molar-refractivity contribution in [3.05, 3.63) is 0 Å². The molecule has 1 N–H and O–H groups in total. The van der Waals surface area contributed by atoms with Crippen molar-refractivity contribution in [2.24, 2.45) is 11.8 Å². The lowest BCUT2D eigenvalue weighted by atomic mass is 9.85. The molecule has 1 nitrogen and oxygen atoms in total. The zero-order valence-electron chi connectivity index (χ0n) is 9.01. The maximum Gasteiger partial charge on any atom is 0.0568 e. The lowest BCUT2D eigenvalue weighted by molar-refractivity contribution is 0.0713. The van der Waals surface area contributed by atoms with E-state index in [2.05, 4.69) is 27.7 Å². The molecule has 0 saturated carbocycles. The van der Waals surface area contributed by atoms with Gasteiger partial charge in [0.1, 0.15) is 0 Å². The molecule has 0 aliphatic carbocycles. The minimum absolute atomic E-state index is 0.0865. The standard InChI is InChI=1S/C11H24O/c1-5-7-8-10(9(3)4)11(12)6-2/h9-12H,5-8H2,1-4H3/t10-,11-/m1/s1. The molecule has 0 radical (unpaired) electrons. The van der Waals surface area contributed by atoms with Crippen LogP contribution in [0, 0.1) is 11.8 Å². The van der Waals surface area contributed by atoms with E-state index in [1.54, 1.807) is 0 Å². The number of aliphatic hydroxyl groups excluding tert-OH is 1. The van der Waals surface area contributed by atoms with Crippen LogP contribution >= 0.6 is 0 Å². The van der Waals surface area contributed by atoms with Gasteiger partial charge in [0.2, 0.25) is 0 Å². The minimum atomic E-state index is -0.0865. The molecule has 0 fully saturated rings. The molecule has 0 rings (SSSR count). The second-order valence-electron chi connectivity index (χ2n) is 4.03. The molecular formula is C11H24O. The summed E-state index contributed by atoms with van der Waals surface area (Å²) in [6.45, 7) is 8.68. The fraction of sp³-hybridized carbons (Fsp3) is 1.00. The molecule has 0 heterocycles. The number of hydrogen-bond donors (Lipinski definition) is 1. The molecule has 0 aromatic carbocycles. The van der Waals surface area contributed by atoms with Crippen LogP contribution in [-0.2, 0) is 0 Å². The van der Waals surface area contributed by atoms with Crippen molar-refractivity contribution in [2.75, 3.05) is 0 Å². The molecule has 12 heavy (non-hydrogen) atoms. The van der Waals surface area contributed by atoms with Gasteiger partial charge in [-0.05, 0) is 24.7 Å². The number of hydrogen-bond acceptors (Lipinski definition) is 1. The summed E-state index contributed by atoms with van der Waals surface area (Å²) in [6, 6.07) is 0. The molecule has 0 spiro atoms.